The van der Waals surface area contributed by atoms with E-state index in [1.807, 2.05) is 54.7 Å². The predicted molar refractivity (Wildman–Crippen MR) is 161 cm³/mol. The van der Waals surface area contributed by atoms with Crippen molar-refractivity contribution in [1.29, 1.82) is 0 Å². The number of pyridine rings is 1. The number of carbonyl (C=O) groups excluding carboxylic acids is 1. The maximum absolute atomic E-state index is 12.9. The van der Waals surface area contributed by atoms with Gasteiger partial charge in [0.25, 0.3) is 0 Å². The fourth-order valence-corrected chi connectivity index (χ4v) is 6.04. The first-order valence-corrected chi connectivity index (χ1v) is 13.9. The summed E-state index contributed by atoms with van der Waals surface area (Å²) < 4.78 is 2.38. The Bertz CT molecular complexity index is 1480. The molecule has 5 rings (SSSR count). The first-order valence-electron chi connectivity index (χ1n) is 13.5. The number of carbonyl (C=O) groups is 1. The number of para-hydroxylation sites is 2. The van der Waals surface area contributed by atoms with Crippen LogP contribution in [0.15, 0.2) is 79.0 Å². The predicted octanol–water partition coefficient (Wildman–Crippen LogP) is 6.36. The topological polar surface area (TPSA) is 62.2 Å². The van der Waals surface area contributed by atoms with E-state index in [4.69, 9.17) is 12.2 Å². The summed E-state index contributed by atoms with van der Waals surface area (Å²) in [6.45, 7) is 9.22. The fraction of sp³-hybridized carbons (Fsp3) is 0.281. The maximum atomic E-state index is 12.9. The zero-order valence-electron chi connectivity index (χ0n) is 22.9. The molecule has 7 heteroatoms. The second-order valence-electron chi connectivity index (χ2n) is 10.1. The van der Waals surface area contributed by atoms with Crippen LogP contribution in [-0.4, -0.2) is 32.0 Å². The molecule has 0 unspecified atom stereocenters. The molecule has 3 heterocycles. The van der Waals surface area contributed by atoms with Gasteiger partial charge >= 0.3 is 0 Å². The minimum atomic E-state index is -0.132. The normalized spacial score (nSPS) is 16.8. The van der Waals surface area contributed by atoms with Gasteiger partial charge in [-0.05, 0) is 86.4 Å². The van der Waals surface area contributed by atoms with Crippen LogP contribution in [0.2, 0.25) is 0 Å². The van der Waals surface area contributed by atoms with E-state index in [1.165, 1.54) is 33.8 Å². The molecular formula is C32H35N5OS. The van der Waals surface area contributed by atoms with E-state index in [2.05, 4.69) is 77.0 Å². The summed E-state index contributed by atoms with van der Waals surface area (Å²) in [7, 11) is 0. The highest BCUT2D eigenvalue weighted by Gasteiger charge is 2.41. The molecule has 2 aromatic heterocycles. The van der Waals surface area contributed by atoms with Crippen LogP contribution in [0.4, 0.5) is 5.69 Å². The van der Waals surface area contributed by atoms with Crippen molar-refractivity contribution in [2.75, 3.05) is 11.9 Å². The van der Waals surface area contributed by atoms with E-state index in [0.29, 0.717) is 18.1 Å². The average Bonchev–Trinajstić information content (AvgIpc) is 3.42. The SMILES string of the molecule is CCc1cccc(C)c1-n1c(C)cc([C@H]2[C@H](c3ccccn3)NC(=S)N2CCC(=O)Nc2ccccc2)c1C. The molecule has 1 aliphatic heterocycles. The smallest absolute Gasteiger partial charge is 0.226 e. The number of nitrogens with one attached hydrogen (secondary N) is 2. The van der Waals surface area contributed by atoms with Crippen LogP contribution in [0, 0.1) is 20.8 Å². The molecule has 0 saturated carbocycles. The Morgan fingerprint density at radius 1 is 1.03 bits per heavy atom. The van der Waals surface area contributed by atoms with Crippen molar-refractivity contribution in [3.05, 3.63) is 113 Å². The van der Waals surface area contributed by atoms with Crippen LogP contribution >= 0.6 is 12.2 Å². The van der Waals surface area contributed by atoms with Crippen molar-refractivity contribution in [3.63, 3.8) is 0 Å². The van der Waals surface area contributed by atoms with Gasteiger partial charge < -0.3 is 20.1 Å². The van der Waals surface area contributed by atoms with Gasteiger partial charge in [-0.25, -0.2) is 0 Å². The third kappa shape index (κ3) is 5.32. The van der Waals surface area contributed by atoms with Crippen molar-refractivity contribution in [1.82, 2.24) is 19.8 Å². The Balaban J connectivity index is 1.52. The molecule has 200 valence electrons. The second kappa shape index (κ2) is 11.4. The lowest BCUT2D eigenvalue weighted by atomic mass is 9.96. The molecule has 2 aromatic carbocycles. The molecule has 1 fully saturated rings. The third-order valence-electron chi connectivity index (χ3n) is 7.55. The number of rotatable bonds is 8. The van der Waals surface area contributed by atoms with Crippen molar-refractivity contribution in [3.8, 4) is 5.69 Å². The average molecular weight is 538 g/mol. The van der Waals surface area contributed by atoms with Gasteiger partial charge in [-0.2, -0.15) is 0 Å². The lowest BCUT2D eigenvalue weighted by Gasteiger charge is -2.28. The molecule has 39 heavy (non-hydrogen) atoms. The lowest BCUT2D eigenvalue weighted by molar-refractivity contribution is -0.116. The summed E-state index contributed by atoms with van der Waals surface area (Å²) >= 11 is 5.86. The first-order chi connectivity index (χ1) is 18.9. The van der Waals surface area contributed by atoms with E-state index in [1.54, 1.807) is 0 Å². The molecule has 4 aromatic rings. The summed E-state index contributed by atoms with van der Waals surface area (Å²) in [5, 5.41) is 7.16. The highest BCUT2D eigenvalue weighted by Crippen LogP contribution is 2.42. The number of hydrogen-bond acceptors (Lipinski definition) is 3. The third-order valence-corrected chi connectivity index (χ3v) is 7.90. The Labute approximate surface area is 236 Å². The molecule has 0 aliphatic carbocycles. The summed E-state index contributed by atoms with van der Waals surface area (Å²) in [6.07, 6.45) is 3.09. The van der Waals surface area contributed by atoms with Crippen LogP contribution in [-0.2, 0) is 11.2 Å². The quantitative estimate of drug-likeness (QED) is 0.256. The van der Waals surface area contributed by atoms with Gasteiger partial charge in [0, 0.05) is 36.2 Å². The Morgan fingerprint density at radius 3 is 2.51 bits per heavy atom. The highest BCUT2D eigenvalue weighted by atomic mass is 32.1. The number of aromatic nitrogens is 2. The van der Waals surface area contributed by atoms with E-state index in [0.717, 1.165) is 17.8 Å². The molecular weight excluding hydrogens is 502 g/mol. The fourth-order valence-electron chi connectivity index (χ4n) is 5.71. The van der Waals surface area contributed by atoms with Crippen LogP contribution in [0.25, 0.3) is 5.69 Å². The molecule has 0 spiro atoms. The number of amides is 1. The molecule has 2 atom stereocenters. The summed E-state index contributed by atoms with van der Waals surface area (Å²) in [6, 6.07) is 24.1. The lowest BCUT2D eigenvalue weighted by Crippen LogP contribution is -2.32. The number of thiocarbonyl (C=S) groups is 1. The number of hydrogen-bond donors (Lipinski definition) is 2. The van der Waals surface area contributed by atoms with Crippen molar-refractivity contribution in [2.24, 2.45) is 0 Å². The molecule has 6 nitrogen and oxygen atoms in total. The molecule has 1 aliphatic rings. The Morgan fingerprint density at radius 2 is 1.79 bits per heavy atom. The largest absolute Gasteiger partial charge is 0.352 e. The van der Waals surface area contributed by atoms with Gasteiger partial charge in [-0.3, -0.25) is 9.78 Å². The second-order valence-corrected chi connectivity index (χ2v) is 10.5. The molecule has 0 radical (unpaired) electrons. The number of aryl methyl sites for hydroxylation is 3. The highest BCUT2D eigenvalue weighted by molar-refractivity contribution is 7.80. The van der Waals surface area contributed by atoms with Crippen LogP contribution in [0.5, 0.6) is 0 Å². The van der Waals surface area contributed by atoms with E-state index in [9.17, 15) is 4.79 Å². The van der Waals surface area contributed by atoms with E-state index in [-0.39, 0.29) is 18.0 Å². The monoisotopic (exact) mass is 537 g/mol. The maximum Gasteiger partial charge on any atom is 0.226 e. The molecule has 1 amide bonds. The summed E-state index contributed by atoms with van der Waals surface area (Å²) in [5.41, 5.74) is 9.07. The van der Waals surface area contributed by atoms with E-state index >= 15 is 0 Å². The number of nitrogens with zero attached hydrogens (tertiary/aromatic N) is 3. The van der Waals surface area contributed by atoms with E-state index < -0.39 is 0 Å². The van der Waals surface area contributed by atoms with Crippen LogP contribution < -0.4 is 10.6 Å². The zero-order chi connectivity index (χ0) is 27.5. The zero-order valence-corrected chi connectivity index (χ0v) is 23.8. The van der Waals surface area contributed by atoms with Crippen molar-refractivity contribution < 1.29 is 4.79 Å². The minimum Gasteiger partial charge on any atom is -0.352 e. The molecule has 0 bridgehead atoms. The van der Waals surface area contributed by atoms with Crippen LogP contribution in [0.1, 0.15) is 59.2 Å². The Kier molecular flexibility index (Phi) is 7.79. The van der Waals surface area contributed by atoms with Gasteiger partial charge in [0.05, 0.1) is 23.5 Å². The van der Waals surface area contributed by atoms with Crippen LogP contribution in [0.3, 0.4) is 0 Å². The van der Waals surface area contributed by atoms with Gasteiger partial charge in [0.1, 0.15) is 0 Å². The summed E-state index contributed by atoms with van der Waals surface area (Å²) in [4.78, 5) is 19.7. The Hall–Kier alpha value is -3.97. The van der Waals surface area contributed by atoms with Gasteiger partial charge in [-0.1, -0.05) is 49.4 Å². The van der Waals surface area contributed by atoms with Gasteiger partial charge in [-0.15, -0.1) is 0 Å². The van der Waals surface area contributed by atoms with Crippen molar-refractivity contribution in [2.45, 2.75) is 52.6 Å². The van der Waals surface area contributed by atoms with Gasteiger partial charge in [0.15, 0.2) is 5.11 Å². The number of anilines is 1. The van der Waals surface area contributed by atoms with Gasteiger partial charge in [0.2, 0.25) is 5.91 Å². The summed E-state index contributed by atoms with van der Waals surface area (Å²) in [5.74, 6) is -0.0398. The minimum absolute atomic E-state index is 0.0398. The standard InChI is InChI=1S/C32H35N5OS/c1-5-24-13-11-12-21(2)30(24)37-22(3)20-26(23(37)4)31-29(27-16-9-10-18-33-27)35-32(39)36(31)19-17-28(38)34-25-14-7-6-8-15-25/h6-16,18,20,29,31H,5,17,19H2,1-4H3,(H,34,38)(H,35,39)/t29-,31-/m0/s1. The molecule has 2 N–H and O–H groups in total. The molecule has 1 saturated heterocycles. The first kappa shape index (κ1) is 26.6. The van der Waals surface area contributed by atoms with Crippen molar-refractivity contribution >= 4 is 28.9 Å². The number of benzene rings is 2.